The molecule has 0 aliphatic carbocycles. The van der Waals surface area contributed by atoms with Crippen LogP contribution in [0.4, 0.5) is 0 Å². The number of esters is 3. The maximum absolute atomic E-state index is 13.2. The third-order valence-corrected chi connectivity index (χ3v) is 15.8. The van der Waals surface area contributed by atoms with E-state index < -0.39 is 55.2 Å². The fourth-order valence-corrected chi connectivity index (χ4v) is 11.4. The van der Waals surface area contributed by atoms with E-state index in [1.165, 1.54) is 0 Å². The topological polar surface area (TPSA) is 108 Å². The van der Waals surface area contributed by atoms with Crippen molar-refractivity contribution < 1.29 is 38.4 Å². The molecule has 41 heavy (non-hydrogen) atoms. The summed E-state index contributed by atoms with van der Waals surface area (Å²) in [5.41, 5.74) is 0.673. The maximum atomic E-state index is 13.2. The quantitative estimate of drug-likeness (QED) is 0.164. The van der Waals surface area contributed by atoms with Crippen LogP contribution in [0.1, 0.15) is 44.4 Å². The second kappa shape index (κ2) is 15.8. The summed E-state index contributed by atoms with van der Waals surface area (Å²) in [5.74, 6) is -1.70. The first kappa shape index (κ1) is 30.8. The summed E-state index contributed by atoms with van der Waals surface area (Å²) in [5, 5.41) is 11.2. The molecule has 0 aromatic heterocycles. The molecule has 1 aliphatic rings. The van der Waals surface area contributed by atoms with Gasteiger partial charge in [0.05, 0.1) is 0 Å². The van der Waals surface area contributed by atoms with Crippen molar-refractivity contribution in [3.8, 4) is 0 Å². The molecule has 1 heterocycles. The minimum atomic E-state index is -1.51. The van der Waals surface area contributed by atoms with Gasteiger partial charge < -0.3 is 0 Å². The van der Waals surface area contributed by atoms with Crippen molar-refractivity contribution in [3.63, 3.8) is 0 Å². The van der Waals surface area contributed by atoms with Gasteiger partial charge in [0, 0.05) is 0 Å². The normalized spacial score (nSPS) is 20.9. The molecule has 10 heteroatoms. The van der Waals surface area contributed by atoms with Gasteiger partial charge in [-0.1, -0.05) is 0 Å². The molecule has 0 bridgehead atoms. The molecule has 1 aliphatic heterocycles. The Morgan fingerprint density at radius 3 is 1.85 bits per heavy atom. The first-order valence-electron chi connectivity index (χ1n) is 13.4. The van der Waals surface area contributed by atoms with Gasteiger partial charge in [0.25, 0.3) is 0 Å². The van der Waals surface area contributed by atoms with Crippen molar-refractivity contribution in [2.75, 3.05) is 13.2 Å². The Kier molecular flexibility index (Phi) is 11.9. The molecular formula is C31H33AsO8S. The van der Waals surface area contributed by atoms with Crippen LogP contribution in [-0.2, 0) is 18.9 Å². The van der Waals surface area contributed by atoms with E-state index in [1.54, 1.807) is 101 Å². The van der Waals surface area contributed by atoms with Crippen molar-refractivity contribution in [2.24, 2.45) is 0 Å². The molecule has 0 saturated carbocycles. The van der Waals surface area contributed by atoms with E-state index in [2.05, 4.69) is 6.92 Å². The molecule has 5 atom stereocenters. The van der Waals surface area contributed by atoms with E-state index in [0.717, 1.165) is 5.21 Å². The summed E-state index contributed by atoms with van der Waals surface area (Å²) in [6.07, 6.45) is -2.51. The number of rotatable bonds is 12. The molecule has 0 radical (unpaired) electrons. The molecule has 3 aromatic carbocycles. The average molecular weight is 641 g/mol. The molecule has 0 spiro atoms. The van der Waals surface area contributed by atoms with Gasteiger partial charge in [0.1, 0.15) is 0 Å². The van der Waals surface area contributed by atoms with Crippen LogP contribution in [0.3, 0.4) is 0 Å². The number of aliphatic hydroxyl groups excluding tert-OH is 1. The molecule has 8 nitrogen and oxygen atoms in total. The fourth-order valence-electron chi connectivity index (χ4n) is 4.28. The molecular weight excluding hydrogens is 607 g/mol. The summed E-state index contributed by atoms with van der Waals surface area (Å²) < 4.78 is 23.9. The minimum absolute atomic E-state index is 0.0927. The number of aliphatic hydroxyl groups is 1. The molecule has 216 valence electrons. The van der Waals surface area contributed by atoms with Crippen molar-refractivity contribution in [1.29, 1.82) is 0 Å². The molecule has 1 N–H and O–H groups in total. The van der Waals surface area contributed by atoms with E-state index >= 15 is 0 Å². The summed E-state index contributed by atoms with van der Waals surface area (Å²) in [7, 11) is 1.66. The molecule has 0 amide bonds. The van der Waals surface area contributed by atoms with Crippen LogP contribution >= 0.6 is 10.0 Å². The molecule has 1 saturated heterocycles. The third-order valence-electron chi connectivity index (χ3n) is 6.36. The number of hydrogen-bond acceptors (Lipinski definition) is 9. The Labute approximate surface area is 247 Å². The Morgan fingerprint density at radius 2 is 1.34 bits per heavy atom. The molecule has 1 fully saturated rings. The SMILES string of the molecule is CC[As](CCO)SC1CC(OC(=O)c2ccccc2)C(OC(=O)c2ccccc2)C(COC(=O)c2ccccc2)O1. The van der Waals surface area contributed by atoms with Gasteiger partial charge in [0.15, 0.2) is 0 Å². The van der Waals surface area contributed by atoms with Crippen molar-refractivity contribution in [3.05, 3.63) is 108 Å². The zero-order valence-corrected chi connectivity index (χ0v) is 25.4. The van der Waals surface area contributed by atoms with Crippen LogP contribution < -0.4 is 0 Å². The first-order valence-corrected chi connectivity index (χ1v) is 19.2. The zero-order chi connectivity index (χ0) is 29.0. The Balaban J connectivity index is 1.61. The third kappa shape index (κ3) is 8.94. The van der Waals surface area contributed by atoms with Crippen LogP contribution in [0.25, 0.3) is 0 Å². The van der Waals surface area contributed by atoms with E-state index in [9.17, 15) is 19.5 Å². The van der Waals surface area contributed by atoms with Crippen LogP contribution in [0.2, 0.25) is 10.4 Å². The van der Waals surface area contributed by atoms with Gasteiger partial charge in [-0.15, -0.1) is 0 Å². The van der Waals surface area contributed by atoms with E-state index in [4.69, 9.17) is 18.9 Å². The monoisotopic (exact) mass is 640 g/mol. The van der Waals surface area contributed by atoms with Crippen molar-refractivity contribution in [2.45, 2.75) is 47.5 Å². The van der Waals surface area contributed by atoms with Gasteiger partial charge in [0.2, 0.25) is 0 Å². The Bertz CT molecular complexity index is 1260. The fraction of sp³-hybridized carbons (Fsp3) is 0.323. The predicted molar refractivity (Wildman–Crippen MR) is 157 cm³/mol. The van der Waals surface area contributed by atoms with Gasteiger partial charge in [-0.3, -0.25) is 0 Å². The number of hydrogen-bond donors (Lipinski definition) is 1. The standard InChI is InChI=1S/C31H33AsO8S/c1-2-32(18-19-33)41-27-20-25(39-30(35)23-14-8-4-9-15-23)28(40-31(36)24-16-10-5-11-17-24)26(38-27)21-37-29(34)22-12-6-3-7-13-22/h3-17,25-28,33H,2,18-21H2,1H3. The number of carbonyl (C=O) groups is 3. The number of benzene rings is 3. The summed E-state index contributed by atoms with van der Waals surface area (Å²) >= 11 is -1.51. The van der Waals surface area contributed by atoms with E-state index in [-0.39, 0.29) is 19.6 Å². The van der Waals surface area contributed by atoms with Crippen LogP contribution in [0.5, 0.6) is 0 Å². The molecule has 3 aromatic rings. The van der Waals surface area contributed by atoms with E-state index in [0.29, 0.717) is 21.9 Å². The van der Waals surface area contributed by atoms with Gasteiger partial charge in [-0.25, -0.2) is 0 Å². The zero-order valence-electron chi connectivity index (χ0n) is 22.7. The van der Waals surface area contributed by atoms with Gasteiger partial charge in [-0.05, 0) is 0 Å². The second-order valence-electron chi connectivity index (χ2n) is 9.20. The van der Waals surface area contributed by atoms with E-state index in [1.807, 2.05) is 0 Å². The Morgan fingerprint density at radius 1 is 0.829 bits per heavy atom. The number of ether oxygens (including phenoxy) is 4. The number of carbonyl (C=O) groups excluding carboxylic acids is 3. The first-order chi connectivity index (χ1) is 20.0. The summed E-state index contributed by atoms with van der Waals surface area (Å²) in [6, 6.07) is 25.7. The molecule has 4 rings (SSSR count). The average Bonchev–Trinajstić information content (AvgIpc) is 3.02. The summed E-state index contributed by atoms with van der Waals surface area (Å²) in [4.78, 5) is 39.1. The Hall–Kier alpha value is -3.10. The summed E-state index contributed by atoms with van der Waals surface area (Å²) in [6.45, 7) is 1.97. The van der Waals surface area contributed by atoms with Crippen molar-refractivity contribution in [1.82, 2.24) is 0 Å². The van der Waals surface area contributed by atoms with Crippen LogP contribution in [0.15, 0.2) is 91.0 Å². The van der Waals surface area contributed by atoms with Crippen LogP contribution in [-0.4, -0.2) is 73.5 Å². The second-order valence-corrected chi connectivity index (χ2v) is 18.2. The van der Waals surface area contributed by atoms with Gasteiger partial charge in [-0.2, -0.15) is 0 Å². The van der Waals surface area contributed by atoms with Crippen molar-refractivity contribution >= 4 is 41.4 Å². The molecule has 5 unspecified atom stereocenters. The van der Waals surface area contributed by atoms with Crippen LogP contribution in [0, 0.1) is 0 Å². The predicted octanol–water partition coefficient (Wildman–Crippen LogP) is 5.15. The van der Waals surface area contributed by atoms with Gasteiger partial charge >= 0.3 is 248 Å².